The van der Waals surface area contributed by atoms with Crippen molar-refractivity contribution in [3.05, 3.63) is 80.8 Å². The molecule has 0 radical (unpaired) electrons. The zero-order valence-electron chi connectivity index (χ0n) is 16.4. The van der Waals surface area contributed by atoms with E-state index in [1.54, 1.807) is 47.8 Å². The van der Waals surface area contributed by atoms with Crippen molar-refractivity contribution in [2.75, 3.05) is 5.73 Å². The average molecular weight is 546 g/mol. The van der Waals surface area contributed by atoms with E-state index in [4.69, 9.17) is 17.3 Å². The maximum atomic E-state index is 13.6. The Hall–Kier alpha value is -2.92. The summed E-state index contributed by atoms with van der Waals surface area (Å²) < 4.78 is 0.796. The number of amides is 1. The fourth-order valence-corrected chi connectivity index (χ4v) is 3.63. The van der Waals surface area contributed by atoms with Crippen molar-refractivity contribution in [1.82, 2.24) is 29.8 Å². The lowest BCUT2D eigenvalue weighted by molar-refractivity contribution is 0.0663. The highest BCUT2D eigenvalue weighted by Gasteiger charge is 2.26. The molecule has 156 valence electrons. The van der Waals surface area contributed by atoms with Crippen molar-refractivity contribution in [2.45, 2.75) is 19.5 Å². The van der Waals surface area contributed by atoms with E-state index in [0.29, 0.717) is 33.6 Å². The van der Waals surface area contributed by atoms with Gasteiger partial charge in [0.25, 0.3) is 5.91 Å². The average Bonchev–Trinajstić information content (AvgIpc) is 2.79. The maximum absolute atomic E-state index is 13.6. The van der Waals surface area contributed by atoms with Gasteiger partial charge in [0.2, 0.25) is 0 Å². The van der Waals surface area contributed by atoms with Crippen LogP contribution < -0.4 is 5.73 Å². The van der Waals surface area contributed by atoms with Gasteiger partial charge in [-0.15, -0.1) is 0 Å². The fourth-order valence-electron chi connectivity index (χ4n) is 3.06. The predicted molar refractivity (Wildman–Crippen MR) is 126 cm³/mol. The van der Waals surface area contributed by atoms with E-state index < -0.39 is 6.04 Å². The van der Waals surface area contributed by atoms with Crippen molar-refractivity contribution in [3.8, 4) is 0 Å². The number of rotatable bonds is 5. The lowest BCUT2D eigenvalue weighted by Gasteiger charge is -2.28. The highest BCUT2D eigenvalue weighted by molar-refractivity contribution is 14.1. The summed E-state index contributed by atoms with van der Waals surface area (Å²) in [4.78, 5) is 36.8. The van der Waals surface area contributed by atoms with Crippen LogP contribution in [-0.4, -0.2) is 35.7 Å². The molecule has 0 aliphatic heterocycles. The third-order valence-corrected chi connectivity index (χ3v) is 5.79. The Morgan fingerprint density at radius 1 is 1.16 bits per heavy atom. The van der Waals surface area contributed by atoms with Crippen LogP contribution >= 0.6 is 34.2 Å². The van der Waals surface area contributed by atoms with Crippen LogP contribution in [0.3, 0.4) is 0 Å². The van der Waals surface area contributed by atoms with E-state index in [2.05, 4.69) is 47.5 Å². The van der Waals surface area contributed by atoms with Gasteiger partial charge in [-0.3, -0.25) is 9.78 Å². The first-order chi connectivity index (χ1) is 14.9. The van der Waals surface area contributed by atoms with E-state index in [9.17, 15) is 4.79 Å². The number of nitrogens with zero attached hydrogens (tertiary/aromatic N) is 6. The normalized spacial score (nSPS) is 12.0. The molecule has 0 aliphatic carbocycles. The van der Waals surface area contributed by atoms with Crippen molar-refractivity contribution >= 4 is 57.0 Å². The lowest BCUT2D eigenvalue weighted by atomic mass is 10.1. The van der Waals surface area contributed by atoms with E-state index >= 15 is 0 Å². The molecule has 4 aromatic rings. The van der Waals surface area contributed by atoms with E-state index in [1.165, 1.54) is 6.20 Å². The second kappa shape index (κ2) is 9.06. The first kappa shape index (κ1) is 21.3. The number of anilines is 1. The summed E-state index contributed by atoms with van der Waals surface area (Å²) in [5, 5.41) is 1.26. The molecule has 1 amide bonds. The molecular formula is C21H17ClIN7O. The summed E-state index contributed by atoms with van der Waals surface area (Å²) in [5.74, 6) is 0.713. The standard InChI is InChI=1S/C21H17ClIN7O/c1-12(19-25-5-2-6-26-19)30(11-16-4-3-15(22)10-27-16)21(31)14-7-13-8-17(23)18(24)29-20(13)28-9-14/h2-10,12H,11H2,1H3,(H2,24,28,29)/t12-/m1/s1. The van der Waals surface area contributed by atoms with Crippen molar-refractivity contribution in [2.24, 2.45) is 0 Å². The highest BCUT2D eigenvalue weighted by Crippen LogP contribution is 2.24. The van der Waals surface area contributed by atoms with Crippen LogP contribution in [0.4, 0.5) is 5.82 Å². The Morgan fingerprint density at radius 2 is 1.94 bits per heavy atom. The molecule has 8 nitrogen and oxygen atoms in total. The number of nitrogen functional groups attached to an aromatic ring is 1. The quantitative estimate of drug-likeness (QED) is 0.377. The zero-order chi connectivity index (χ0) is 22.0. The lowest BCUT2D eigenvalue weighted by Crippen LogP contribution is -2.34. The molecule has 4 rings (SSSR count). The van der Waals surface area contributed by atoms with Gasteiger partial charge in [-0.05, 0) is 59.8 Å². The number of nitrogens with two attached hydrogens (primary N) is 1. The van der Waals surface area contributed by atoms with Gasteiger partial charge in [0, 0.05) is 30.2 Å². The van der Waals surface area contributed by atoms with Crippen molar-refractivity contribution in [1.29, 1.82) is 0 Å². The van der Waals surface area contributed by atoms with Crippen molar-refractivity contribution < 1.29 is 4.79 Å². The minimum Gasteiger partial charge on any atom is -0.383 e. The minimum atomic E-state index is -0.397. The van der Waals surface area contributed by atoms with Gasteiger partial charge >= 0.3 is 0 Å². The molecule has 0 spiro atoms. The molecule has 1 atom stereocenters. The second-order valence-corrected chi connectivity index (χ2v) is 8.41. The van der Waals surface area contributed by atoms with E-state index in [-0.39, 0.29) is 12.5 Å². The summed E-state index contributed by atoms with van der Waals surface area (Å²) in [5.41, 5.74) is 7.47. The second-order valence-electron chi connectivity index (χ2n) is 6.81. The monoisotopic (exact) mass is 545 g/mol. The third kappa shape index (κ3) is 4.72. The third-order valence-electron chi connectivity index (χ3n) is 4.70. The van der Waals surface area contributed by atoms with Gasteiger partial charge in [-0.1, -0.05) is 11.6 Å². The number of halogens is 2. The molecule has 31 heavy (non-hydrogen) atoms. The number of carbonyl (C=O) groups excluding carboxylic acids is 1. The van der Waals surface area contributed by atoms with Crippen LogP contribution in [-0.2, 0) is 6.54 Å². The Bertz CT molecular complexity index is 1240. The molecular weight excluding hydrogens is 529 g/mol. The molecule has 0 aliphatic rings. The molecule has 4 heterocycles. The Kier molecular flexibility index (Phi) is 6.23. The minimum absolute atomic E-state index is 0.224. The summed E-state index contributed by atoms with van der Waals surface area (Å²) in [6.45, 7) is 2.13. The largest absolute Gasteiger partial charge is 0.383 e. The molecule has 0 aromatic carbocycles. The topological polar surface area (TPSA) is 111 Å². The molecule has 0 unspecified atom stereocenters. The van der Waals surface area contributed by atoms with Crippen LogP contribution in [0.5, 0.6) is 0 Å². The summed E-state index contributed by atoms with van der Waals surface area (Å²) >= 11 is 8.06. The summed E-state index contributed by atoms with van der Waals surface area (Å²) in [7, 11) is 0. The van der Waals surface area contributed by atoms with Gasteiger partial charge in [0.05, 0.1) is 32.4 Å². The van der Waals surface area contributed by atoms with Gasteiger partial charge in [0.1, 0.15) is 11.6 Å². The van der Waals surface area contributed by atoms with Crippen molar-refractivity contribution in [3.63, 3.8) is 0 Å². The number of hydrogen-bond acceptors (Lipinski definition) is 7. The molecule has 0 bridgehead atoms. The van der Waals surface area contributed by atoms with Crippen LogP contribution in [0.2, 0.25) is 5.02 Å². The first-order valence-corrected chi connectivity index (χ1v) is 10.8. The zero-order valence-corrected chi connectivity index (χ0v) is 19.3. The number of pyridine rings is 3. The Labute approximate surface area is 197 Å². The molecule has 0 saturated carbocycles. The number of aromatic nitrogens is 5. The SMILES string of the molecule is C[C@H](c1ncccn1)N(Cc1ccc(Cl)cn1)C(=O)c1cnc2nc(N)c(I)cc2c1. The fraction of sp³-hybridized carbons (Fsp3) is 0.143. The van der Waals surface area contributed by atoms with Gasteiger partial charge in [-0.25, -0.2) is 19.9 Å². The molecule has 10 heteroatoms. The summed E-state index contributed by atoms with van der Waals surface area (Å²) in [6, 6.07) is 8.49. The predicted octanol–water partition coefficient (Wildman–Crippen LogP) is 4.06. The van der Waals surface area contributed by atoms with Crippen LogP contribution in [0.15, 0.2) is 55.1 Å². The van der Waals surface area contributed by atoms with Gasteiger partial charge in [-0.2, -0.15) is 0 Å². The smallest absolute Gasteiger partial charge is 0.256 e. The van der Waals surface area contributed by atoms with Crippen LogP contribution in [0.25, 0.3) is 11.0 Å². The van der Waals surface area contributed by atoms with Gasteiger partial charge < -0.3 is 10.6 Å². The number of carbonyl (C=O) groups is 1. The Morgan fingerprint density at radius 3 is 2.65 bits per heavy atom. The molecule has 0 fully saturated rings. The molecule has 4 aromatic heterocycles. The summed E-state index contributed by atoms with van der Waals surface area (Å²) in [6.07, 6.45) is 6.36. The molecule has 0 saturated heterocycles. The maximum Gasteiger partial charge on any atom is 0.256 e. The highest BCUT2D eigenvalue weighted by atomic mass is 127. The van der Waals surface area contributed by atoms with Crippen LogP contribution in [0.1, 0.15) is 34.8 Å². The molecule has 2 N–H and O–H groups in total. The Balaban J connectivity index is 1.72. The van der Waals surface area contributed by atoms with E-state index in [1.807, 2.05) is 13.0 Å². The van der Waals surface area contributed by atoms with Crippen LogP contribution in [0, 0.1) is 3.57 Å². The number of fused-ring (bicyclic) bond motifs is 1. The first-order valence-electron chi connectivity index (χ1n) is 9.32. The van der Waals surface area contributed by atoms with E-state index in [0.717, 1.165) is 8.96 Å². The van der Waals surface area contributed by atoms with Gasteiger partial charge in [0.15, 0.2) is 5.65 Å². The number of hydrogen-bond donors (Lipinski definition) is 1.